The number of anilines is 1. The van der Waals surface area contributed by atoms with Crippen LogP contribution < -0.4 is 9.04 Å². The molecule has 0 amide bonds. The van der Waals surface area contributed by atoms with Crippen LogP contribution in [0.5, 0.6) is 5.75 Å². The van der Waals surface area contributed by atoms with E-state index >= 15 is 0 Å². The van der Waals surface area contributed by atoms with Gasteiger partial charge < -0.3 is 9.84 Å². The second kappa shape index (κ2) is 10.00. The fourth-order valence-corrected chi connectivity index (χ4v) is 5.85. The van der Waals surface area contributed by atoms with E-state index in [1.807, 2.05) is 0 Å². The summed E-state index contributed by atoms with van der Waals surface area (Å²) in [6.45, 7) is 2.72. The molecular formula is C26H22ClF4NO4S. The summed E-state index contributed by atoms with van der Waals surface area (Å²) in [7, 11) is -4.50. The first-order valence-electron chi connectivity index (χ1n) is 11.1. The Balaban J connectivity index is 1.82. The van der Waals surface area contributed by atoms with E-state index in [0.29, 0.717) is 17.2 Å². The molecule has 1 aliphatic heterocycles. The summed E-state index contributed by atoms with van der Waals surface area (Å²) >= 11 is 6.16. The standard InChI is InChI=1S/C26H22ClF4NO4S/c1-15(25-20(27)7-4-8-21(25)28)11-17-9-10-23-22(12-17)32(14-24(36-23)16(2)33)37(34,35)19-6-3-5-18(13-19)26(29,30)31/h3-13,16,24,33H,14H2,1-2H3/b15-11+/t16-,24?/m0/s1. The van der Waals surface area contributed by atoms with Gasteiger partial charge in [0.05, 0.1) is 33.8 Å². The van der Waals surface area contributed by atoms with E-state index in [1.165, 1.54) is 37.3 Å². The molecule has 1 N–H and O–H groups in total. The summed E-state index contributed by atoms with van der Waals surface area (Å²) in [4.78, 5) is -0.560. The van der Waals surface area contributed by atoms with E-state index in [0.717, 1.165) is 22.5 Å². The number of ether oxygens (including phenoxy) is 1. The van der Waals surface area contributed by atoms with Crippen molar-refractivity contribution in [1.29, 1.82) is 0 Å². The van der Waals surface area contributed by atoms with Crippen molar-refractivity contribution in [3.63, 3.8) is 0 Å². The number of aliphatic hydroxyl groups excluding tert-OH is 1. The number of rotatable bonds is 5. The van der Waals surface area contributed by atoms with Crippen LogP contribution in [0.15, 0.2) is 65.6 Å². The van der Waals surface area contributed by atoms with Crippen molar-refractivity contribution in [3.8, 4) is 5.75 Å². The fourth-order valence-electron chi connectivity index (χ4n) is 4.02. The zero-order valence-electron chi connectivity index (χ0n) is 19.6. The van der Waals surface area contributed by atoms with E-state index in [1.54, 1.807) is 19.1 Å². The van der Waals surface area contributed by atoms with Gasteiger partial charge in [-0.3, -0.25) is 4.31 Å². The molecule has 0 fully saturated rings. The first-order chi connectivity index (χ1) is 17.3. The van der Waals surface area contributed by atoms with Crippen LogP contribution in [-0.4, -0.2) is 32.3 Å². The van der Waals surface area contributed by atoms with Crippen LogP contribution in [0, 0.1) is 5.82 Å². The van der Waals surface area contributed by atoms with Gasteiger partial charge in [0.15, 0.2) is 0 Å². The third-order valence-electron chi connectivity index (χ3n) is 5.90. The molecule has 196 valence electrons. The van der Waals surface area contributed by atoms with E-state index < -0.39 is 44.7 Å². The number of fused-ring (bicyclic) bond motifs is 1. The molecule has 1 aliphatic rings. The van der Waals surface area contributed by atoms with E-state index in [2.05, 4.69) is 0 Å². The van der Waals surface area contributed by atoms with Crippen molar-refractivity contribution in [3.05, 3.63) is 88.2 Å². The van der Waals surface area contributed by atoms with Gasteiger partial charge in [-0.1, -0.05) is 35.9 Å². The lowest BCUT2D eigenvalue weighted by atomic mass is 10.0. The number of alkyl halides is 3. The topological polar surface area (TPSA) is 66.8 Å². The molecule has 0 radical (unpaired) electrons. The number of benzene rings is 3. The van der Waals surface area contributed by atoms with Gasteiger partial charge in [0.2, 0.25) is 0 Å². The Kier molecular flexibility index (Phi) is 7.29. The molecule has 11 heteroatoms. The van der Waals surface area contributed by atoms with Gasteiger partial charge in [0, 0.05) is 5.56 Å². The Morgan fingerprint density at radius 1 is 1.16 bits per heavy atom. The molecule has 4 rings (SSSR count). The van der Waals surface area contributed by atoms with Crippen LogP contribution in [0.25, 0.3) is 11.6 Å². The van der Waals surface area contributed by atoms with E-state index in [9.17, 15) is 31.1 Å². The molecule has 0 spiro atoms. The van der Waals surface area contributed by atoms with Crippen molar-refractivity contribution in [1.82, 2.24) is 0 Å². The average molecular weight is 556 g/mol. The number of hydrogen-bond donors (Lipinski definition) is 1. The number of nitrogens with zero attached hydrogens (tertiary/aromatic N) is 1. The number of hydrogen-bond acceptors (Lipinski definition) is 4. The zero-order valence-corrected chi connectivity index (χ0v) is 21.2. The smallest absolute Gasteiger partial charge is 0.416 e. The second-order valence-corrected chi connectivity index (χ2v) is 10.9. The van der Waals surface area contributed by atoms with Crippen molar-refractivity contribution in [2.75, 3.05) is 10.8 Å². The van der Waals surface area contributed by atoms with Gasteiger partial charge in [-0.05, 0) is 67.4 Å². The largest absolute Gasteiger partial charge is 0.484 e. The molecule has 1 heterocycles. The fraction of sp³-hybridized carbons (Fsp3) is 0.231. The van der Waals surface area contributed by atoms with Crippen LogP contribution in [0.4, 0.5) is 23.2 Å². The third kappa shape index (κ3) is 5.46. The summed E-state index contributed by atoms with van der Waals surface area (Å²) in [5.74, 6) is -0.414. The number of aliphatic hydroxyl groups is 1. The molecule has 0 aliphatic carbocycles. The predicted molar refractivity (Wildman–Crippen MR) is 133 cm³/mol. The molecule has 0 aromatic heterocycles. The highest BCUT2D eigenvalue weighted by atomic mass is 35.5. The zero-order chi connectivity index (χ0) is 27.1. The minimum Gasteiger partial charge on any atom is -0.484 e. The molecule has 5 nitrogen and oxygen atoms in total. The Morgan fingerprint density at radius 2 is 1.86 bits per heavy atom. The monoisotopic (exact) mass is 555 g/mol. The third-order valence-corrected chi connectivity index (χ3v) is 7.99. The summed E-state index contributed by atoms with van der Waals surface area (Å²) in [6, 6.07) is 12.3. The summed E-state index contributed by atoms with van der Waals surface area (Å²) < 4.78 is 88.1. The normalized spacial score (nSPS) is 17.2. The minimum absolute atomic E-state index is 0.0653. The first kappa shape index (κ1) is 27.0. The molecule has 0 bridgehead atoms. The van der Waals surface area contributed by atoms with Crippen LogP contribution in [0.1, 0.15) is 30.5 Å². The van der Waals surface area contributed by atoms with Crippen LogP contribution in [0.2, 0.25) is 5.02 Å². The molecule has 2 atom stereocenters. The molecule has 1 unspecified atom stereocenters. The maximum atomic E-state index is 14.4. The Hall–Kier alpha value is -3.08. The first-order valence-corrected chi connectivity index (χ1v) is 12.9. The second-order valence-electron chi connectivity index (χ2n) is 8.61. The number of allylic oxidation sites excluding steroid dienone is 1. The average Bonchev–Trinajstić information content (AvgIpc) is 2.82. The van der Waals surface area contributed by atoms with Crippen LogP contribution >= 0.6 is 11.6 Å². The molecule has 3 aromatic carbocycles. The van der Waals surface area contributed by atoms with E-state index in [-0.39, 0.29) is 28.6 Å². The maximum absolute atomic E-state index is 14.4. The van der Waals surface area contributed by atoms with Crippen molar-refractivity contribution in [2.24, 2.45) is 0 Å². The molecular weight excluding hydrogens is 534 g/mol. The van der Waals surface area contributed by atoms with Gasteiger partial charge in [0.1, 0.15) is 17.7 Å². The van der Waals surface area contributed by atoms with E-state index in [4.69, 9.17) is 16.3 Å². The highest BCUT2D eigenvalue weighted by molar-refractivity contribution is 7.92. The predicted octanol–water partition coefficient (Wildman–Crippen LogP) is 6.40. The van der Waals surface area contributed by atoms with Crippen molar-refractivity contribution < 1.29 is 35.8 Å². The summed E-state index contributed by atoms with van der Waals surface area (Å²) in [5, 5.41) is 10.3. The maximum Gasteiger partial charge on any atom is 0.416 e. The summed E-state index contributed by atoms with van der Waals surface area (Å²) in [5.41, 5.74) is 0.0762. The lowest BCUT2D eigenvalue weighted by Gasteiger charge is -2.36. The van der Waals surface area contributed by atoms with Gasteiger partial charge in [-0.15, -0.1) is 0 Å². The van der Waals surface area contributed by atoms with Gasteiger partial charge >= 0.3 is 6.18 Å². The Labute approximate surface area is 216 Å². The Morgan fingerprint density at radius 3 is 2.51 bits per heavy atom. The van der Waals surface area contributed by atoms with Crippen molar-refractivity contribution >= 4 is 39.0 Å². The number of halogens is 5. The SMILES string of the molecule is C/C(=C\c1ccc2c(c1)N(S(=O)(=O)c1cccc(C(F)(F)F)c1)CC([C@H](C)O)O2)c1c(F)cccc1Cl. The van der Waals surface area contributed by atoms with Gasteiger partial charge in [-0.2, -0.15) is 13.2 Å². The minimum atomic E-state index is -4.74. The lowest BCUT2D eigenvalue weighted by molar-refractivity contribution is -0.137. The van der Waals surface area contributed by atoms with Crippen LogP contribution in [-0.2, 0) is 16.2 Å². The summed E-state index contributed by atoms with van der Waals surface area (Å²) in [6.07, 6.45) is -5.17. The number of sulfonamides is 1. The highest BCUT2D eigenvalue weighted by Gasteiger charge is 2.38. The quantitative estimate of drug-likeness (QED) is 0.292. The molecule has 0 saturated heterocycles. The van der Waals surface area contributed by atoms with Gasteiger partial charge in [-0.25, -0.2) is 12.8 Å². The van der Waals surface area contributed by atoms with Crippen molar-refractivity contribution in [2.45, 2.75) is 37.1 Å². The van der Waals surface area contributed by atoms with Crippen LogP contribution in [0.3, 0.4) is 0 Å². The lowest BCUT2D eigenvalue weighted by Crippen LogP contribution is -2.47. The Bertz CT molecular complexity index is 1450. The van der Waals surface area contributed by atoms with Gasteiger partial charge in [0.25, 0.3) is 10.0 Å². The molecule has 0 saturated carbocycles. The molecule has 3 aromatic rings. The molecule has 37 heavy (non-hydrogen) atoms. The highest BCUT2D eigenvalue weighted by Crippen LogP contribution is 2.40.